The minimum Gasteiger partial charge on any atom is -0.467 e. The highest BCUT2D eigenvalue weighted by molar-refractivity contribution is 8.13. The van der Waals surface area contributed by atoms with Crippen LogP contribution in [-0.4, -0.2) is 29.9 Å². The molecule has 0 radical (unpaired) electrons. The molecule has 2 atom stereocenters. The van der Waals surface area contributed by atoms with Crippen molar-refractivity contribution in [2.75, 3.05) is 12.9 Å². The van der Waals surface area contributed by atoms with Gasteiger partial charge in [0.1, 0.15) is 5.82 Å². The number of ether oxygens (including phenoxy) is 1. The van der Waals surface area contributed by atoms with E-state index in [1.54, 1.807) is 0 Å². The summed E-state index contributed by atoms with van der Waals surface area (Å²) >= 11 is 1.06. The molecule has 0 saturated carbocycles. The second kappa shape index (κ2) is 10.6. The van der Waals surface area contributed by atoms with Gasteiger partial charge in [0.25, 0.3) is 0 Å². The predicted octanol–water partition coefficient (Wildman–Crippen LogP) is 3.29. The average Bonchev–Trinajstić information content (AvgIpc) is 2.70. The van der Waals surface area contributed by atoms with E-state index in [1.165, 1.54) is 38.3 Å². The molecule has 1 amide bonds. The molecule has 0 heterocycles. The first kappa shape index (κ1) is 21.6. The monoisotopic (exact) mass is 403 g/mol. The van der Waals surface area contributed by atoms with Gasteiger partial charge in [-0.2, -0.15) is 0 Å². The molecule has 1 unspecified atom stereocenters. The Morgan fingerprint density at radius 2 is 1.71 bits per heavy atom. The van der Waals surface area contributed by atoms with Gasteiger partial charge < -0.3 is 10.1 Å². The minimum absolute atomic E-state index is 0.0890. The van der Waals surface area contributed by atoms with Crippen molar-refractivity contribution < 1.29 is 23.5 Å². The molecule has 0 aliphatic heterocycles. The Morgan fingerprint density at radius 1 is 1.07 bits per heavy atom. The van der Waals surface area contributed by atoms with Gasteiger partial charge in [0.2, 0.25) is 5.91 Å². The van der Waals surface area contributed by atoms with Gasteiger partial charge in [0, 0.05) is 12.7 Å². The highest BCUT2D eigenvalue weighted by Gasteiger charge is 2.28. The molecule has 0 bridgehead atoms. The van der Waals surface area contributed by atoms with E-state index in [9.17, 15) is 18.8 Å². The van der Waals surface area contributed by atoms with E-state index in [-0.39, 0.29) is 16.8 Å². The van der Waals surface area contributed by atoms with Crippen LogP contribution in [0, 0.1) is 11.7 Å². The maximum Gasteiger partial charge on any atom is 0.333 e. The molecular formula is C21H22FNO4S. The van der Waals surface area contributed by atoms with Gasteiger partial charge in [-0.15, -0.1) is 0 Å². The van der Waals surface area contributed by atoms with Crippen LogP contribution >= 0.6 is 11.8 Å². The van der Waals surface area contributed by atoms with Crippen molar-refractivity contribution in [2.45, 2.75) is 19.4 Å². The summed E-state index contributed by atoms with van der Waals surface area (Å²) in [7, 11) is 1.22. The average molecular weight is 403 g/mol. The van der Waals surface area contributed by atoms with Crippen LogP contribution in [0.25, 0.3) is 0 Å². The largest absolute Gasteiger partial charge is 0.467 e. The van der Waals surface area contributed by atoms with Crippen molar-refractivity contribution >= 4 is 28.8 Å². The number of hydrogen-bond donors (Lipinski definition) is 1. The zero-order valence-corrected chi connectivity index (χ0v) is 16.5. The lowest BCUT2D eigenvalue weighted by Gasteiger charge is -2.21. The summed E-state index contributed by atoms with van der Waals surface area (Å²) in [5.74, 6) is -1.72. The number of benzene rings is 2. The summed E-state index contributed by atoms with van der Waals surface area (Å²) < 4.78 is 18.0. The number of hydrogen-bond acceptors (Lipinski definition) is 5. The number of nitrogens with one attached hydrogen (secondary N) is 1. The summed E-state index contributed by atoms with van der Waals surface area (Å²) in [6.07, 6.45) is 0.421. The molecule has 0 aliphatic carbocycles. The Morgan fingerprint density at radius 3 is 2.29 bits per heavy atom. The van der Waals surface area contributed by atoms with Crippen molar-refractivity contribution in [1.82, 2.24) is 5.32 Å². The van der Waals surface area contributed by atoms with E-state index in [4.69, 9.17) is 4.74 Å². The molecule has 0 spiro atoms. The predicted molar refractivity (Wildman–Crippen MR) is 106 cm³/mol. The molecule has 2 rings (SSSR count). The van der Waals surface area contributed by atoms with E-state index in [2.05, 4.69) is 5.32 Å². The van der Waals surface area contributed by atoms with Crippen LogP contribution in [0.3, 0.4) is 0 Å². The molecule has 2 aromatic rings. The van der Waals surface area contributed by atoms with Crippen LogP contribution in [0.2, 0.25) is 0 Å². The van der Waals surface area contributed by atoms with Crippen LogP contribution < -0.4 is 5.32 Å². The van der Waals surface area contributed by atoms with E-state index < -0.39 is 23.7 Å². The summed E-state index contributed by atoms with van der Waals surface area (Å²) in [6, 6.07) is 13.6. The summed E-state index contributed by atoms with van der Waals surface area (Å²) in [5.41, 5.74) is 1.36. The molecule has 1 N–H and O–H groups in total. The number of halogens is 1. The first-order valence-electron chi connectivity index (χ1n) is 8.71. The summed E-state index contributed by atoms with van der Waals surface area (Å²) in [6.45, 7) is 1.44. The summed E-state index contributed by atoms with van der Waals surface area (Å²) in [5, 5.41) is 2.60. The lowest BCUT2D eigenvalue weighted by atomic mass is 9.99. The van der Waals surface area contributed by atoms with Crippen LogP contribution in [-0.2, 0) is 25.5 Å². The van der Waals surface area contributed by atoms with Gasteiger partial charge >= 0.3 is 5.97 Å². The minimum atomic E-state index is -1.06. The van der Waals surface area contributed by atoms with Gasteiger partial charge in [-0.25, -0.2) is 9.18 Å². The zero-order chi connectivity index (χ0) is 20.5. The van der Waals surface area contributed by atoms with Gasteiger partial charge in [-0.3, -0.25) is 9.59 Å². The fourth-order valence-corrected chi connectivity index (χ4v) is 3.36. The van der Waals surface area contributed by atoms with E-state index in [0.29, 0.717) is 12.0 Å². The standard InChI is InChI=1S/C21H22FNO4S/c1-14(24)28-13-17(12-15-6-4-3-5-7-15)20(25)23-19(21(26)27-2)16-8-10-18(22)11-9-16/h3-11,17,19H,12-13H2,1-2H3,(H,23,25)/t17?,19-/m1/s1. The highest BCUT2D eigenvalue weighted by Crippen LogP contribution is 2.20. The maximum absolute atomic E-state index is 13.2. The summed E-state index contributed by atoms with van der Waals surface area (Å²) in [4.78, 5) is 36.5. The Labute approximate surface area is 167 Å². The Kier molecular flexibility index (Phi) is 8.19. The topological polar surface area (TPSA) is 72.5 Å². The molecular weight excluding hydrogens is 381 g/mol. The van der Waals surface area contributed by atoms with Gasteiger partial charge in [-0.1, -0.05) is 54.2 Å². The number of methoxy groups -OCH3 is 1. The number of amides is 1. The maximum atomic E-state index is 13.2. The van der Waals surface area contributed by atoms with Crippen LogP contribution in [0.4, 0.5) is 4.39 Å². The van der Waals surface area contributed by atoms with Crippen molar-refractivity contribution in [3.05, 3.63) is 71.5 Å². The highest BCUT2D eigenvalue weighted by atomic mass is 32.2. The SMILES string of the molecule is COC(=O)[C@H](NC(=O)C(CSC(C)=O)Cc1ccccc1)c1ccc(F)cc1. The van der Waals surface area contributed by atoms with Crippen molar-refractivity contribution in [3.63, 3.8) is 0 Å². The van der Waals surface area contributed by atoms with E-state index in [0.717, 1.165) is 17.3 Å². The smallest absolute Gasteiger partial charge is 0.333 e. The third-order valence-corrected chi connectivity index (χ3v) is 5.09. The lowest BCUT2D eigenvalue weighted by Crippen LogP contribution is -2.40. The third kappa shape index (κ3) is 6.49. The molecule has 7 heteroatoms. The normalized spacial score (nSPS) is 12.7. The molecule has 148 valence electrons. The van der Waals surface area contributed by atoms with Crippen molar-refractivity contribution in [2.24, 2.45) is 5.92 Å². The van der Waals surface area contributed by atoms with Crippen molar-refractivity contribution in [1.29, 1.82) is 0 Å². The third-order valence-electron chi connectivity index (χ3n) is 4.11. The fourth-order valence-electron chi connectivity index (χ4n) is 2.66. The van der Waals surface area contributed by atoms with Crippen molar-refractivity contribution in [3.8, 4) is 0 Å². The van der Waals surface area contributed by atoms with Gasteiger partial charge in [0.05, 0.1) is 13.0 Å². The number of rotatable bonds is 8. The second-order valence-corrected chi connectivity index (χ2v) is 7.40. The molecule has 2 aromatic carbocycles. The molecule has 5 nitrogen and oxygen atoms in total. The molecule has 0 aromatic heterocycles. The number of carbonyl (C=O) groups is 3. The van der Waals surface area contributed by atoms with E-state index in [1.807, 2.05) is 30.3 Å². The van der Waals surface area contributed by atoms with E-state index >= 15 is 0 Å². The molecule has 0 fully saturated rings. The zero-order valence-electron chi connectivity index (χ0n) is 15.7. The number of esters is 1. The first-order valence-corrected chi connectivity index (χ1v) is 9.70. The quantitative estimate of drug-likeness (QED) is 0.685. The Hall–Kier alpha value is -2.67. The molecule has 0 saturated heterocycles. The van der Waals surface area contributed by atoms with Crippen LogP contribution in [0.15, 0.2) is 54.6 Å². The Balaban J connectivity index is 2.20. The number of thioether (sulfide) groups is 1. The fraction of sp³-hybridized carbons (Fsp3) is 0.286. The van der Waals surface area contributed by atoms with Crippen LogP contribution in [0.5, 0.6) is 0 Å². The second-order valence-electron chi connectivity index (χ2n) is 6.21. The molecule has 28 heavy (non-hydrogen) atoms. The van der Waals surface area contributed by atoms with Gasteiger partial charge in [0.15, 0.2) is 11.2 Å². The first-order chi connectivity index (χ1) is 13.4. The Bertz CT molecular complexity index is 811. The van der Waals surface area contributed by atoms with Crippen LogP contribution in [0.1, 0.15) is 24.1 Å². The van der Waals surface area contributed by atoms with Gasteiger partial charge in [-0.05, 0) is 29.7 Å². The molecule has 0 aliphatic rings. The number of carbonyl (C=O) groups excluding carboxylic acids is 3. The lowest BCUT2D eigenvalue weighted by molar-refractivity contribution is -0.145.